The molecule has 1 aromatic heterocycles. The predicted octanol–water partition coefficient (Wildman–Crippen LogP) is 13.0. The molecule has 4 heteroatoms. The fourth-order valence-corrected chi connectivity index (χ4v) is 8.38. The number of rotatable bonds is 5. The van der Waals surface area contributed by atoms with Crippen LogP contribution in [0.2, 0.25) is 0 Å². The average molecular weight is 697 g/mol. The molecule has 0 fully saturated rings. The molecule has 6 aromatic rings. The molecule has 3 heterocycles. The molecule has 54 heavy (non-hydrogen) atoms. The summed E-state index contributed by atoms with van der Waals surface area (Å²) >= 11 is 0. The van der Waals surface area contributed by atoms with Gasteiger partial charge >= 0.3 is 0 Å². The fourth-order valence-electron chi connectivity index (χ4n) is 8.38. The third-order valence-corrected chi connectivity index (χ3v) is 11.0. The molecule has 1 atom stereocenters. The Balaban J connectivity index is 1.13. The van der Waals surface area contributed by atoms with Crippen molar-refractivity contribution in [3.05, 3.63) is 198 Å². The highest BCUT2D eigenvalue weighted by Gasteiger charge is 2.27. The molecular formula is C50H40N4. The van der Waals surface area contributed by atoms with Gasteiger partial charge in [-0.1, -0.05) is 127 Å². The summed E-state index contributed by atoms with van der Waals surface area (Å²) in [7, 11) is 0. The van der Waals surface area contributed by atoms with Gasteiger partial charge in [0.2, 0.25) is 0 Å². The van der Waals surface area contributed by atoms with Crippen molar-refractivity contribution in [2.45, 2.75) is 38.0 Å². The molecule has 2 aliphatic carbocycles. The van der Waals surface area contributed by atoms with Gasteiger partial charge in [0.1, 0.15) is 11.6 Å². The zero-order valence-corrected chi connectivity index (χ0v) is 30.1. The summed E-state index contributed by atoms with van der Waals surface area (Å²) in [5.41, 5.74) is 15.4. The van der Waals surface area contributed by atoms with Crippen LogP contribution in [0.15, 0.2) is 164 Å². The summed E-state index contributed by atoms with van der Waals surface area (Å²) < 4.78 is 0. The van der Waals surface area contributed by atoms with Crippen LogP contribution >= 0.6 is 0 Å². The van der Waals surface area contributed by atoms with Crippen LogP contribution in [0, 0.1) is 0 Å². The normalized spacial score (nSPS) is 16.8. The summed E-state index contributed by atoms with van der Waals surface area (Å²) in [5, 5.41) is 0. The highest BCUT2D eigenvalue weighted by Crippen LogP contribution is 2.47. The van der Waals surface area contributed by atoms with Crippen molar-refractivity contribution >= 4 is 52.0 Å². The molecule has 4 aliphatic rings. The Morgan fingerprint density at radius 1 is 0.574 bits per heavy atom. The van der Waals surface area contributed by atoms with Gasteiger partial charge < -0.3 is 4.90 Å². The first-order valence-electron chi connectivity index (χ1n) is 19.1. The first-order valence-corrected chi connectivity index (χ1v) is 19.1. The van der Waals surface area contributed by atoms with Crippen molar-refractivity contribution < 1.29 is 0 Å². The molecule has 1 unspecified atom stereocenters. The smallest absolute Gasteiger partial charge is 0.141 e. The Morgan fingerprint density at radius 2 is 1.39 bits per heavy atom. The minimum absolute atomic E-state index is 0.120. The van der Waals surface area contributed by atoms with Gasteiger partial charge in [-0.3, -0.25) is 4.90 Å². The maximum atomic E-state index is 5.39. The second-order valence-corrected chi connectivity index (χ2v) is 14.4. The van der Waals surface area contributed by atoms with Crippen LogP contribution < -0.4 is 9.80 Å². The highest BCUT2D eigenvalue weighted by atomic mass is 15.2. The Morgan fingerprint density at radius 3 is 2.26 bits per heavy atom. The topological polar surface area (TPSA) is 32.3 Å². The van der Waals surface area contributed by atoms with E-state index in [1.165, 1.54) is 44.9 Å². The molecule has 2 aliphatic heterocycles. The second kappa shape index (κ2) is 13.8. The minimum atomic E-state index is 0.120. The van der Waals surface area contributed by atoms with E-state index < -0.39 is 0 Å². The molecule has 0 radical (unpaired) electrons. The Labute approximate surface area is 317 Å². The van der Waals surface area contributed by atoms with Gasteiger partial charge in [0.25, 0.3) is 0 Å². The van der Waals surface area contributed by atoms with Gasteiger partial charge in [0.15, 0.2) is 0 Å². The Hall–Kier alpha value is -6.52. The van der Waals surface area contributed by atoms with E-state index in [1.54, 1.807) is 0 Å². The second-order valence-electron chi connectivity index (χ2n) is 14.4. The average Bonchev–Trinajstić information content (AvgIpc) is 3.52. The number of hydrogen-bond donors (Lipinski definition) is 0. The van der Waals surface area contributed by atoms with Crippen molar-refractivity contribution in [1.29, 1.82) is 0 Å². The van der Waals surface area contributed by atoms with Gasteiger partial charge in [-0.15, -0.1) is 0 Å². The summed E-state index contributed by atoms with van der Waals surface area (Å²) in [5.74, 6) is 1.85. The molecule has 4 nitrogen and oxygen atoms in total. The van der Waals surface area contributed by atoms with Crippen LogP contribution in [0.4, 0.5) is 34.3 Å². The lowest BCUT2D eigenvalue weighted by molar-refractivity contribution is 0.768. The lowest BCUT2D eigenvalue weighted by atomic mass is 9.94. The van der Waals surface area contributed by atoms with Crippen molar-refractivity contribution in [2.75, 3.05) is 9.80 Å². The van der Waals surface area contributed by atoms with E-state index >= 15 is 0 Å². The third-order valence-electron chi connectivity index (χ3n) is 11.0. The molecule has 0 saturated carbocycles. The first-order chi connectivity index (χ1) is 26.8. The maximum Gasteiger partial charge on any atom is 0.141 e. The SMILES string of the molecule is C1=CCC(c2nc(C3=CCCC=C3)cc(N3c4ccccc4C=Cc4c(-c5ccc6c(c5)CCc5ccccc5N6c5ccccc5)cccc43)n2)C=C1. The van der Waals surface area contributed by atoms with Crippen molar-refractivity contribution in [2.24, 2.45) is 0 Å². The van der Waals surface area contributed by atoms with Crippen molar-refractivity contribution in [3.8, 4) is 11.1 Å². The summed E-state index contributed by atoms with van der Waals surface area (Å²) in [6.45, 7) is 0. The number of hydrogen-bond acceptors (Lipinski definition) is 4. The number of allylic oxidation sites excluding steroid dienone is 8. The van der Waals surface area contributed by atoms with Crippen LogP contribution in [0.1, 0.15) is 59.0 Å². The molecule has 5 aromatic carbocycles. The quantitative estimate of drug-likeness (QED) is 0.179. The highest BCUT2D eigenvalue weighted by molar-refractivity contribution is 5.98. The number of para-hydroxylation sites is 3. The molecule has 0 N–H and O–H groups in total. The Kier molecular flexibility index (Phi) is 8.21. The van der Waals surface area contributed by atoms with Crippen LogP contribution in [0.25, 0.3) is 28.9 Å². The lowest BCUT2D eigenvalue weighted by Gasteiger charge is -2.29. The predicted molar refractivity (Wildman–Crippen MR) is 225 cm³/mol. The fraction of sp³-hybridized carbons (Fsp3) is 0.120. The summed E-state index contributed by atoms with van der Waals surface area (Å²) in [6, 6.07) is 44.2. The van der Waals surface area contributed by atoms with E-state index in [9.17, 15) is 0 Å². The van der Waals surface area contributed by atoms with E-state index in [4.69, 9.17) is 9.97 Å². The van der Waals surface area contributed by atoms with Gasteiger partial charge in [-0.25, -0.2) is 9.97 Å². The number of nitrogens with zero attached hydrogens (tertiary/aromatic N) is 4. The van der Waals surface area contributed by atoms with E-state index in [1.807, 2.05) is 0 Å². The monoisotopic (exact) mass is 696 g/mol. The van der Waals surface area contributed by atoms with Crippen LogP contribution in [-0.4, -0.2) is 9.97 Å². The molecule has 0 bridgehead atoms. The minimum Gasteiger partial charge on any atom is -0.310 e. The summed E-state index contributed by atoms with van der Waals surface area (Å²) in [6.07, 6.45) is 24.9. The Bertz CT molecular complexity index is 2550. The van der Waals surface area contributed by atoms with E-state index in [2.05, 4.69) is 186 Å². The van der Waals surface area contributed by atoms with E-state index in [0.29, 0.717) is 0 Å². The van der Waals surface area contributed by atoms with Crippen LogP contribution in [0.3, 0.4) is 0 Å². The molecule has 0 saturated heterocycles. The largest absolute Gasteiger partial charge is 0.310 e. The van der Waals surface area contributed by atoms with E-state index in [-0.39, 0.29) is 5.92 Å². The van der Waals surface area contributed by atoms with Crippen LogP contribution in [0.5, 0.6) is 0 Å². The van der Waals surface area contributed by atoms with Gasteiger partial charge in [0.05, 0.1) is 17.1 Å². The van der Waals surface area contributed by atoms with Gasteiger partial charge in [-0.2, -0.15) is 0 Å². The lowest BCUT2D eigenvalue weighted by Crippen LogP contribution is -2.17. The number of anilines is 6. The first kappa shape index (κ1) is 32.2. The van der Waals surface area contributed by atoms with Gasteiger partial charge in [-0.05, 0) is 108 Å². The number of aryl methyl sites for hydroxylation is 2. The standard InChI is InChI=1S/C50H40N4/c1-4-15-35(16-5-1)44-34-49(52-50(51-44)38-19-6-2-7-20-38)54-46-25-13-11-18-37(46)29-31-43-42(23-14-26-48(43)54)39-30-32-47-40(33-39)28-27-36-17-10-12-24-45(36)53(47)41-21-8-3-9-22-41/h2-4,6-19,21-26,29-34,38H,1,5,20,27-28H2. The number of fused-ring (bicyclic) bond motifs is 4. The van der Waals surface area contributed by atoms with Crippen molar-refractivity contribution in [1.82, 2.24) is 9.97 Å². The zero-order chi connectivity index (χ0) is 35.8. The zero-order valence-electron chi connectivity index (χ0n) is 30.1. The number of benzene rings is 5. The molecule has 0 spiro atoms. The van der Waals surface area contributed by atoms with Crippen LogP contribution in [-0.2, 0) is 12.8 Å². The van der Waals surface area contributed by atoms with Crippen molar-refractivity contribution in [3.63, 3.8) is 0 Å². The molecule has 0 amide bonds. The maximum absolute atomic E-state index is 5.39. The molecule has 260 valence electrons. The summed E-state index contributed by atoms with van der Waals surface area (Å²) in [4.78, 5) is 15.4. The van der Waals surface area contributed by atoms with Gasteiger partial charge in [0, 0.05) is 34.6 Å². The molecule has 10 rings (SSSR count). The molecular weight excluding hydrogens is 657 g/mol. The number of aromatic nitrogens is 2. The van der Waals surface area contributed by atoms with E-state index in [0.717, 1.165) is 72.0 Å². The third kappa shape index (κ3) is 5.81.